The summed E-state index contributed by atoms with van der Waals surface area (Å²) in [5, 5.41) is 0. The van der Waals surface area contributed by atoms with Crippen molar-refractivity contribution in [2.24, 2.45) is 0 Å². The molecule has 0 nitrogen and oxygen atoms in total. The van der Waals surface area contributed by atoms with Crippen LogP contribution in [0.1, 0.15) is 99.6 Å². The maximum absolute atomic E-state index is 2.35. The predicted octanol–water partition coefficient (Wildman–Crippen LogP) is 8.07. The molecule has 0 heterocycles. The maximum Gasteiger partial charge on any atom is -0.00577 e. The van der Waals surface area contributed by atoms with Crippen LogP contribution in [0.2, 0.25) is 0 Å². The molecule has 0 bridgehead atoms. The van der Waals surface area contributed by atoms with E-state index in [2.05, 4.69) is 77.9 Å². The zero-order chi connectivity index (χ0) is 20.0. The van der Waals surface area contributed by atoms with Crippen molar-refractivity contribution in [1.82, 2.24) is 0 Å². The van der Waals surface area contributed by atoms with Gasteiger partial charge in [-0.05, 0) is 95.9 Å². The highest BCUT2D eigenvalue weighted by atomic mass is 14.3. The van der Waals surface area contributed by atoms with Crippen molar-refractivity contribution >= 4 is 11.1 Å². The minimum absolute atomic E-state index is 0.580. The summed E-state index contributed by atoms with van der Waals surface area (Å²) in [6, 6.07) is 13.9. The van der Waals surface area contributed by atoms with E-state index in [1.807, 2.05) is 0 Å². The van der Waals surface area contributed by atoms with Crippen LogP contribution in [0, 0.1) is 0 Å². The molecule has 0 unspecified atom stereocenters. The number of rotatable bonds is 5. The number of benzene rings is 2. The Balaban J connectivity index is 1.67. The minimum atomic E-state index is 0.580. The van der Waals surface area contributed by atoms with E-state index in [1.165, 1.54) is 24.0 Å². The first-order chi connectivity index (χ1) is 13.4. The van der Waals surface area contributed by atoms with Crippen molar-refractivity contribution in [2.45, 2.75) is 79.1 Å². The fourth-order valence-corrected chi connectivity index (χ4v) is 5.37. The Bertz CT molecular complexity index is 898. The molecular weight excluding hydrogens is 336 g/mol. The fraction of sp³-hybridized carbons (Fsp3) is 0.429. The van der Waals surface area contributed by atoms with Crippen LogP contribution in [0.25, 0.3) is 11.1 Å². The summed E-state index contributed by atoms with van der Waals surface area (Å²) in [7, 11) is 0. The van der Waals surface area contributed by atoms with Crippen LogP contribution in [-0.2, 0) is 12.8 Å². The Kier molecular flexibility index (Phi) is 5.08. The van der Waals surface area contributed by atoms with Crippen molar-refractivity contribution in [2.75, 3.05) is 0 Å². The molecule has 2 aromatic rings. The van der Waals surface area contributed by atoms with E-state index in [-0.39, 0.29) is 0 Å². The van der Waals surface area contributed by atoms with E-state index >= 15 is 0 Å². The Morgan fingerprint density at radius 1 is 0.643 bits per heavy atom. The van der Waals surface area contributed by atoms with Crippen LogP contribution in [0.5, 0.6) is 0 Å². The van der Waals surface area contributed by atoms with Crippen LogP contribution in [0.15, 0.2) is 47.5 Å². The van der Waals surface area contributed by atoms with Gasteiger partial charge in [0.2, 0.25) is 0 Å². The van der Waals surface area contributed by atoms with Gasteiger partial charge in [-0.3, -0.25) is 0 Å². The van der Waals surface area contributed by atoms with E-state index in [0.29, 0.717) is 11.8 Å². The lowest BCUT2D eigenvalue weighted by atomic mass is 9.86. The molecule has 28 heavy (non-hydrogen) atoms. The lowest BCUT2D eigenvalue weighted by Gasteiger charge is -2.18. The van der Waals surface area contributed by atoms with Gasteiger partial charge in [0.05, 0.1) is 0 Å². The average molecular weight is 371 g/mol. The monoisotopic (exact) mass is 370 g/mol. The molecule has 0 heteroatoms. The summed E-state index contributed by atoms with van der Waals surface area (Å²) in [6.07, 6.45) is 4.61. The van der Waals surface area contributed by atoms with Crippen LogP contribution in [0.3, 0.4) is 0 Å². The molecule has 0 atom stereocenters. The van der Waals surface area contributed by atoms with Gasteiger partial charge in [-0.15, -0.1) is 0 Å². The Morgan fingerprint density at radius 3 is 1.39 bits per heavy atom. The minimum Gasteiger partial charge on any atom is -0.0651 e. The van der Waals surface area contributed by atoms with Gasteiger partial charge in [-0.25, -0.2) is 0 Å². The molecule has 0 aliphatic heterocycles. The summed E-state index contributed by atoms with van der Waals surface area (Å²) in [5.74, 6) is 1.16. The molecule has 0 spiro atoms. The largest absolute Gasteiger partial charge is 0.0651 e. The van der Waals surface area contributed by atoms with Crippen molar-refractivity contribution < 1.29 is 0 Å². The second-order valence-corrected chi connectivity index (χ2v) is 9.44. The van der Waals surface area contributed by atoms with Crippen LogP contribution in [0.4, 0.5) is 0 Å². The first-order valence-electron chi connectivity index (χ1n) is 11.0. The fourth-order valence-electron chi connectivity index (χ4n) is 5.37. The quantitative estimate of drug-likeness (QED) is 0.499. The summed E-state index contributed by atoms with van der Waals surface area (Å²) in [6.45, 7) is 14.0. The Hall–Kier alpha value is -2.08. The van der Waals surface area contributed by atoms with Gasteiger partial charge >= 0.3 is 0 Å². The highest BCUT2D eigenvalue weighted by Gasteiger charge is 2.26. The first kappa shape index (κ1) is 19.2. The molecular formula is C28H34. The third-order valence-corrected chi connectivity index (χ3v) is 6.78. The van der Waals surface area contributed by atoms with Crippen molar-refractivity contribution in [3.8, 4) is 0 Å². The normalized spacial score (nSPS) is 15.9. The van der Waals surface area contributed by atoms with E-state index in [4.69, 9.17) is 0 Å². The molecule has 146 valence electrons. The van der Waals surface area contributed by atoms with Crippen molar-refractivity contribution in [3.63, 3.8) is 0 Å². The first-order valence-corrected chi connectivity index (χ1v) is 11.0. The summed E-state index contributed by atoms with van der Waals surface area (Å²) >= 11 is 0. The maximum atomic E-state index is 2.35. The molecule has 0 amide bonds. The molecule has 0 fully saturated rings. The standard InChI is InChI=1S/C28H34/c1-17(2)23-11-7-9-21-15-19(5)25(27(21)23)13-14-26-20(6)16-22-10-8-12-24(18(3)4)28(22)26/h7-12,17-18H,13-16H2,1-6H3. The van der Waals surface area contributed by atoms with Crippen LogP contribution < -0.4 is 0 Å². The molecule has 0 saturated heterocycles. The van der Waals surface area contributed by atoms with E-state index < -0.39 is 0 Å². The average Bonchev–Trinajstić information content (AvgIpc) is 3.14. The molecule has 4 rings (SSSR count). The zero-order valence-electron chi connectivity index (χ0n) is 18.4. The zero-order valence-corrected chi connectivity index (χ0v) is 18.4. The molecule has 2 aromatic carbocycles. The van der Waals surface area contributed by atoms with Crippen LogP contribution >= 0.6 is 0 Å². The molecule has 0 aromatic heterocycles. The molecule has 0 saturated carbocycles. The SMILES string of the molecule is CC1=C(CCC2=C(C)Cc3cccc(C(C)C)c32)c2c(cccc2C(C)C)C1. The molecule has 2 aliphatic carbocycles. The van der Waals surface area contributed by atoms with Gasteiger partial charge in [0.1, 0.15) is 0 Å². The summed E-state index contributed by atoms with van der Waals surface area (Å²) < 4.78 is 0. The van der Waals surface area contributed by atoms with Gasteiger partial charge < -0.3 is 0 Å². The smallest absolute Gasteiger partial charge is 0.00577 e. The molecule has 0 radical (unpaired) electrons. The topological polar surface area (TPSA) is 0 Å². The number of hydrogen-bond donors (Lipinski definition) is 0. The van der Waals surface area contributed by atoms with Crippen molar-refractivity contribution in [3.05, 3.63) is 80.9 Å². The summed E-state index contributed by atoms with van der Waals surface area (Å²) in [4.78, 5) is 0. The van der Waals surface area contributed by atoms with E-state index in [1.54, 1.807) is 44.5 Å². The van der Waals surface area contributed by atoms with Gasteiger partial charge in [0.25, 0.3) is 0 Å². The van der Waals surface area contributed by atoms with E-state index in [9.17, 15) is 0 Å². The second-order valence-electron chi connectivity index (χ2n) is 9.44. The Morgan fingerprint density at radius 2 is 1.04 bits per heavy atom. The third-order valence-electron chi connectivity index (χ3n) is 6.78. The highest BCUT2D eigenvalue weighted by molar-refractivity contribution is 5.83. The highest BCUT2D eigenvalue weighted by Crippen LogP contribution is 2.44. The van der Waals surface area contributed by atoms with Gasteiger partial charge in [-0.1, -0.05) is 75.2 Å². The summed E-state index contributed by atoms with van der Waals surface area (Å²) in [5.41, 5.74) is 15.7. The Labute approximate surface area is 171 Å². The van der Waals surface area contributed by atoms with Gasteiger partial charge in [0, 0.05) is 0 Å². The lowest BCUT2D eigenvalue weighted by Crippen LogP contribution is -1.99. The third kappa shape index (κ3) is 3.17. The number of fused-ring (bicyclic) bond motifs is 2. The molecule has 0 N–H and O–H groups in total. The van der Waals surface area contributed by atoms with E-state index in [0.717, 1.165) is 12.8 Å². The predicted molar refractivity (Wildman–Crippen MR) is 123 cm³/mol. The molecule has 2 aliphatic rings. The number of allylic oxidation sites excluding steroid dienone is 4. The lowest BCUT2D eigenvalue weighted by molar-refractivity contribution is 0.856. The van der Waals surface area contributed by atoms with Gasteiger partial charge in [-0.2, -0.15) is 0 Å². The second kappa shape index (κ2) is 7.39. The van der Waals surface area contributed by atoms with Gasteiger partial charge in [0.15, 0.2) is 0 Å². The van der Waals surface area contributed by atoms with Crippen LogP contribution in [-0.4, -0.2) is 0 Å². The van der Waals surface area contributed by atoms with Crippen molar-refractivity contribution in [1.29, 1.82) is 0 Å². The number of hydrogen-bond acceptors (Lipinski definition) is 0.